The van der Waals surface area contributed by atoms with E-state index in [1.807, 2.05) is 0 Å². The topological polar surface area (TPSA) is 217 Å². The highest BCUT2D eigenvalue weighted by atomic mass is 16.4. The van der Waals surface area contributed by atoms with Crippen LogP contribution in [0.1, 0.15) is 52.4 Å². The summed E-state index contributed by atoms with van der Waals surface area (Å²) >= 11 is 0. The lowest BCUT2D eigenvalue weighted by molar-refractivity contribution is -0.144. The number of nitrogens with one attached hydrogen (secondary N) is 4. The lowest BCUT2D eigenvalue weighted by atomic mass is 9.97. The highest BCUT2D eigenvalue weighted by molar-refractivity contribution is 5.95. The number of carbonyl (C=O) groups is 6. The van der Waals surface area contributed by atoms with E-state index >= 15 is 0 Å². The summed E-state index contributed by atoms with van der Waals surface area (Å²) in [6.07, 6.45) is 0.575. The normalized spacial score (nSPS) is 18.9. The first-order chi connectivity index (χ1) is 15.5. The zero-order valence-electron chi connectivity index (χ0n) is 18.8. The zero-order valence-corrected chi connectivity index (χ0v) is 18.8. The molecule has 4 amide bonds. The highest BCUT2D eigenvalue weighted by Gasteiger charge is 2.34. The van der Waals surface area contributed by atoms with Gasteiger partial charge in [-0.05, 0) is 31.7 Å². The van der Waals surface area contributed by atoms with Crippen molar-refractivity contribution in [1.29, 1.82) is 0 Å². The summed E-state index contributed by atoms with van der Waals surface area (Å²) in [5.74, 6) is -6.06. The molecule has 0 spiro atoms. The first-order valence-electron chi connectivity index (χ1n) is 10.8. The van der Waals surface area contributed by atoms with Gasteiger partial charge in [-0.25, -0.2) is 4.79 Å². The molecule has 1 rings (SSSR count). The molecule has 186 valence electrons. The Bertz CT molecular complexity index is 753. The summed E-state index contributed by atoms with van der Waals surface area (Å²) in [5.41, 5.74) is 5.03. The lowest BCUT2D eigenvalue weighted by Crippen LogP contribution is -2.58. The maximum atomic E-state index is 12.9. The maximum absolute atomic E-state index is 12.9. The fraction of sp³-hybridized carbons (Fsp3) is 0.700. The van der Waals surface area contributed by atoms with E-state index in [4.69, 9.17) is 10.8 Å². The summed E-state index contributed by atoms with van der Waals surface area (Å²) in [5, 5.41) is 28.4. The Hall–Kier alpha value is -3.22. The Kier molecular flexibility index (Phi) is 11.3. The third-order valence-corrected chi connectivity index (χ3v) is 5.47. The molecule has 1 fully saturated rings. The second-order valence-corrected chi connectivity index (χ2v) is 8.08. The number of aliphatic carboxylic acids is 2. The number of hydrogen-bond donors (Lipinski definition) is 7. The summed E-state index contributed by atoms with van der Waals surface area (Å²) in [7, 11) is 0. The Morgan fingerprint density at radius 3 is 2.18 bits per heavy atom. The predicted molar refractivity (Wildman–Crippen MR) is 115 cm³/mol. The van der Waals surface area contributed by atoms with Gasteiger partial charge in [0.1, 0.15) is 18.1 Å². The second kappa shape index (κ2) is 13.4. The van der Waals surface area contributed by atoms with E-state index in [1.165, 1.54) is 0 Å². The molecular weight excluding hydrogens is 438 g/mol. The average molecular weight is 472 g/mol. The van der Waals surface area contributed by atoms with Crippen LogP contribution in [0.15, 0.2) is 0 Å². The number of carboxylic acid groups (broad SMARTS) is 2. The van der Waals surface area contributed by atoms with Gasteiger partial charge in [-0.1, -0.05) is 20.3 Å². The van der Waals surface area contributed by atoms with Crippen molar-refractivity contribution in [3.8, 4) is 0 Å². The molecule has 0 bridgehead atoms. The van der Waals surface area contributed by atoms with Crippen LogP contribution in [-0.2, 0) is 28.8 Å². The fourth-order valence-corrected chi connectivity index (χ4v) is 3.34. The highest BCUT2D eigenvalue weighted by Crippen LogP contribution is 2.11. The minimum Gasteiger partial charge on any atom is -0.481 e. The molecule has 5 atom stereocenters. The first kappa shape index (κ1) is 27.8. The van der Waals surface area contributed by atoms with Crippen molar-refractivity contribution in [2.75, 3.05) is 6.54 Å². The van der Waals surface area contributed by atoms with Gasteiger partial charge in [0.15, 0.2) is 0 Å². The van der Waals surface area contributed by atoms with Gasteiger partial charge in [-0.3, -0.25) is 24.0 Å². The number of amides is 4. The van der Waals surface area contributed by atoms with Crippen LogP contribution in [0.2, 0.25) is 0 Å². The van der Waals surface area contributed by atoms with Gasteiger partial charge >= 0.3 is 11.9 Å². The zero-order chi connectivity index (χ0) is 25.1. The number of nitrogens with two attached hydrogens (primary N) is 1. The van der Waals surface area contributed by atoms with Gasteiger partial charge < -0.3 is 37.2 Å². The standard InChI is InChI=1S/C20H33N5O8/c1-3-10(2)16(19(31)24-13(20(32)33)9-14(21)26)25-18(30)12(6-7-15(27)28)23-17(29)11-5-4-8-22-11/h10-13,16,22H,3-9H2,1-2H3,(H2,21,26)(H,23,29)(H,24,31)(H,25,30)(H,27,28)(H,32,33). The van der Waals surface area contributed by atoms with Crippen LogP contribution in [0.3, 0.4) is 0 Å². The van der Waals surface area contributed by atoms with Crippen LogP contribution in [-0.4, -0.2) is 76.5 Å². The van der Waals surface area contributed by atoms with E-state index in [1.54, 1.807) is 13.8 Å². The molecule has 0 aliphatic carbocycles. The molecule has 1 aliphatic rings. The molecule has 1 saturated heterocycles. The molecule has 13 heteroatoms. The molecule has 0 aromatic heterocycles. The average Bonchev–Trinajstić information content (AvgIpc) is 3.28. The maximum Gasteiger partial charge on any atom is 0.326 e. The molecule has 1 aliphatic heterocycles. The van der Waals surface area contributed by atoms with Gasteiger partial charge in [-0.2, -0.15) is 0 Å². The number of rotatable bonds is 14. The summed E-state index contributed by atoms with van der Waals surface area (Å²) in [6, 6.07) is -4.47. The third-order valence-electron chi connectivity index (χ3n) is 5.47. The van der Waals surface area contributed by atoms with Crippen LogP contribution < -0.4 is 27.0 Å². The SMILES string of the molecule is CCC(C)C(NC(=O)C(CCC(=O)O)NC(=O)C1CCCN1)C(=O)NC(CC(N)=O)C(=O)O. The van der Waals surface area contributed by atoms with Crippen LogP contribution in [0.4, 0.5) is 0 Å². The molecule has 8 N–H and O–H groups in total. The second-order valence-electron chi connectivity index (χ2n) is 8.08. The van der Waals surface area contributed by atoms with E-state index in [2.05, 4.69) is 21.3 Å². The van der Waals surface area contributed by atoms with E-state index in [0.717, 1.165) is 6.42 Å². The molecule has 0 aromatic carbocycles. The monoisotopic (exact) mass is 471 g/mol. The number of hydrogen-bond acceptors (Lipinski definition) is 7. The minimum atomic E-state index is -1.57. The molecular formula is C20H33N5O8. The van der Waals surface area contributed by atoms with Crippen molar-refractivity contribution in [3.63, 3.8) is 0 Å². The van der Waals surface area contributed by atoms with Gasteiger partial charge in [-0.15, -0.1) is 0 Å². The Labute approximate surface area is 191 Å². The Balaban J connectivity index is 2.98. The van der Waals surface area contributed by atoms with E-state index < -0.39 is 78.5 Å². The van der Waals surface area contributed by atoms with E-state index in [9.17, 15) is 33.9 Å². The fourth-order valence-electron chi connectivity index (χ4n) is 3.34. The van der Waals surface area contributed by atoms with Crippen molar-refractivity contribution >= 4 is 35.6 Å². The predicted octanol–water partition coefficient (Wildman–Crippen LogP) is -1.94. The smallest absolute Gasteiger partial charge is 0.326 e. The molecule has 1 heterocycles. The lowest BCUT2D eigenvalue weighted by Gasteiger charge is -2.28. The number of carboxylic acids is 2. The molecule has 5 unspecified atom stereocenters. The summed E-state index contributed by atoms with van der Waals surface area (Å²) in [4.78, 5) is 71.6. The van der Waals surface area contributed by atoms with Crippen LogP contribution in [0.5, 0.6) is 0 Å². The van der Waals surface area contributed by atoms with Crippen LogP contribution in [0, 0.1) is 5.92 Å². The van der Waals surface area contributed by atoms with E-state index in [-0.39, 0.29) is 6.42 Å². The van der Waals surface area contributed by atoms with Crippen molar-refractivity contribution in [2.45, 2.75) is 76.5 Å². The molecule has 0 radical (unpaired) electrons. The minimum absolute atomic E-state index is 0.200. The van der Waals surface area contributed by atoms with Crippen molar-refractivity contribution < 1.29 is 39.0 Å². The van der Waals surface area contributed by atoms with Crippen molar-refractivity contribution in [2.24, 2.45) is 11.7 Å². The summed E-state index contributed by atoms with van der Waals surface area (Å²) in [6.45, 7) is 4.06. The Morgan fingerprint density at radius 2 is 1.70 bits per heavy atom. The third kappa shape index (κ3) is 9.43. The Morgan fingerprint density at radius 1 is 1.03 bits per heavy atom. The van der Waals surface area contributed by atoms with Gasteiger partial charge in [0.2, 0.25) is 23.6 Å². The van der Waals surface area contributed by atoms with E-state index in [0.29, 0.717) is 19.4 Å². The van der Waals surface area contributed by atoms with Crippen molar-refractivity contribution in [3.05, 3.63) is 0 Å². The van der Waals surface area contributed by atoms with Gasteiger partial charge in [0.05, 0.1) is 12.5 Å². The van der Waals surface area contributed by atoms with Crippen LogP contribution in [0.25, 0.3) is 0 Å². The molecule has 0 saturated carbocycles. The molecule has 13 nitrogen and oxygen atoms in total. The first-order valence-corrected chi connectivity index (χ1v) is 10.8. The number of primary amides is 1. The number of carbonyl (C=O) groups excluding carboxylic acids is 4. The molecule has 33 heavy (non-hydrogen) atoms. The van der Waals surface area contributed by atoms with Crippen molar-refractivity contribution in [1.82, 2.24) is 21.3 Å². The van der Waals surface area contributed by atoms with Crippen LogP contribution >= 0.6 is 0 Å². The quantitative estimate of drug-likeness (QED) is 0.150. The van der Waals surface area contributed by atoms with Gasteiger partial charge in [0, 0.05) is 6.42 Å². The molecule has 0 aromatic rings. The summed E-state index contributed by atoms with van der Waals surface area (Å²) < 4.78 is 0. The largest absolute Gasteiger partial charge is 0.481 e. The van der Waals surface area contributed by atoms with Gasteiger partial charge in [0.25, 0.3) is 0 Å².